The summed E-state index contributed by atoms with van der Waals surface area (Å²) in [6.07, 6.45) is 8.08. The van der Waals surface area contributed by atoms with Crippen LogP contribution in [0.1, 0.15) is 33.1 Å². The summed E-state index contributed by atoms with van der Waals surface area (Å²) in [6, 6.07) is 0. The lowest BCUT2D eigenvalue weighted by atomic mass is 9.64. The first-order chi connectivity index (χ1) is 6.64. The minimum atomic E-state index is 0.303. The Bertz CT molecular complexity index is 314. The van der Waals surface area contributed by atoms with Crippen LogP contribution in [-0.2, 0) is 9.53 Å². The molecule has 2 unspecified atom stereocenters. The predicted molar refractivity (Wildman–Crippen MR) is 54.4 cm³/mol. The second kappa shape index (κ2) is 3.26. The zero-order valence-corrected chi connectivity index (χ0v) is 8.75. The lowest BCUT2D eigenvalue weighted by Gasteiger charge is -2.41. The Balaban J connectivity index is 2.29. The van der Waals surface area contributed by atoms with E-state index >= 15 is 0 Å². The lowest BCUT2D eigenvalue weighted by Crippen LogP contribution is -2.29. The van der Waals surface area contributed by atoms with Gasteiger partial charge in [0.15, 0.2) is 0 Å². The molecule has 0 heterocycles. The van der Waals surface area contributed by atoms with E-state index in [0.29, 0.717) is 17.8 Å². The fourth-order valence-corrected chi connectivity index (χ4v) is 2.55. The van der Waals surface area contributed by atoms with Gasteiger partial charge in [-0.2, -0.15) is 0 Å². The first kappa shape index (κ1) is 9.50. The molecular formula is C12H16O2. The average molecular weight is 192 g/mol. The van der Waals surface area contributed by atoms with Gasteiger partial charge in [-0.1, -0.05) is 19.1 Å². The standard InChI is InChI=1S/C12H16O2/c1-9(14-8-13)11-7-12(2)5-3-10(11)4-6-12/h3,5,8,10H,4,6-7H2,1-2H3/b11-9+. The van der Waals surface area contributed by atoms with Crippen LogP contribution in [0.4, 0.5) is 0 Å². The topological polar surface area (TPSA) is 26.3 Å². The highest BCUT2D eigenvalue weighted by molar-refractivity contribution is 5.41. The first-order valence-corrected chi connectivity index (χ1v) is 5.14. The molecular weight excluding hydrogens is 176 g/mol. The van der Waals surface area contributed by atoms with Crippen LogP contribution in [0, 0.1) is 11.3 Å². The van der Waals surface area contributed by atoms with Crippen LogP contribution in [0.3, 0.4) is 0 Å². The molecule has 0 aromatic heterocycles. The second-order valence-electron chi connectivity index (χ2n) is 4.63. The van der Waals surface area contributed by atoms with Crippen molar-refractivity contribution in [3.63, 3.8) is 0 Å². The van der Waals surface area contributed by atoms with Gasteiger partial charge in [-0.3, -0.25) is 4.79 Å². The number of hydrogen-bond donors (Lipinski definition) is 0. The highest BCUT2D eigenvalue weighted by atomic mass is 16.5. The lowest BCUT2D eigenvalue weighted by molar-refractivity contribution is -0.125. The summed E-state index contributed by atoms with van der Waals surface area (Å²) >= 11 is 0. The number of hydrogen-bond acceptors (Lipinski definition) is 2. The number of fused-ring (bicyclic) bond motifs is 2. The number of rotatable bonds is 2. The molecule has 2 atom stereocenters. The van der Waals surface area contributed by atoms with Crippen LogP contribution in [0.15, 0.2) is 23.5 Å². The van der Waals surface area contributed by atoms with Crippen LogP contribution in [-0.4, -0.2) is 6.47 Å². The molecule has 1 saturated carbocycles. The van der Waals surface area contributed by atoms with Crippen molar-refractivity contribution in [3.8, 4) is 0 Å². The van der Waals surface area contributed by atoms with Crippen LogP contribution >= 0.6 is 0 Å². The first-order valence-electron chi connectivity index (χ1n) is 5.14. The van der Waals surface area contributed by atoms with Crippen molar-refractivity contribution >= 4 is 6.47 Å². The maximum Gasteiger partial charge on any atom is 0.298 e. The molecule has 0 saturated heterocycles. The number of carbonyl (C=O) groups excluding carboxylic acids is 1. The molecule has 14 heavy (non-hydrogen) atoms. The summed E-state index contributed by atoms with van der Waals surface area (Å²) in [5.74, 6) is 1.32. The van der Waals surface area contributed by atoms with Crippen molar-refractivity contribution in [2.24, 2.45) is 11.3 Å². The average Bonchev–Trinajstić information content (AvgIpc) is 2.18. The van der Waals surface area contributed by atoms with Crippen LogP contribution < -0.4 is 0 Å². The SMILES string of the molecule is C/C(OC=O)=C1/CC2(C)C=CC1CC2. The van der Waals surface area contributed by atoms with Gasteiger partial charge >= 0.3 is 0 Å². The van der Waals surface area contributed by atoms with E-state index in [-0.39, 0.29) is 0 Å². The molecule has 0 aromatic rings. The molecule has 1 fully saturated rings. The van der Waals surface area contributed by atoms with E-state index < -0.39 is 0 Å². The molecule has 0 aromatic carbocycles. The Hall–Kier alpha value is -1.05. The second-order valence-corrected chi connectivity index (χ2v) is 4.63. The van der Waals surface area contributed by atoms with Gasteiger partial charge in [0.05, 0.1) is 0 Å². The highest BCUT2D eigenvalue weighted by Crippen LogP contribution is 2.49. The molecule has 0 N–H and O–H groups in total. The van der Waals surface area contributed by atoms with Gasteiger partial charge in [-0.25, -0.2) is 0 Å². The summed E-state index contributed by atoms with van der Waals surface area (Å²) in [5, 5.41) is 0. The number of carbonyl (C=O) groups is 1. The minimum Gasteiger partial charge on any atom is -0.434 e. The van der Waals surface area contributed by atoms with Gasteiger partial charge in [0.25, 0.3) is 6.47 Å². The molecule has 3 aliphatic carbocycles. The fraction of sp³-hybridized carbons (Fsp3) is 0.583. The Morgan fingerprint density at radius 2 is 2.50 bits per heavy atom. The van der Waals surface area contributed by atoms with Crippen LogP contribution in [0.25, 0.3) is 0 Å². The molecule has 3 aliphatic rings. The number of allylic oxidation sites excluding steroid dienone is 4. The van der Waals surface area contributed by atoms with E-state index in [4.69, 9.17) is 4.74 Å². The Morgan fingerprint density at radius 3 is 3.00 bits per heavy atom. The summed E-state index contributed by atoms with van der Waals surface area (Å²) in [5.41, 5.74) is 1.62. The summed E-state index contributed by atoms with van der Waals surface area (Å²) < 4.78 is 4.94. The molecule has 2 nitrogen and oxygen atoms in total. The van der Waals surface area contributed by atoms with Crippen LogP contribution in [0.2, 0.25) is 0 Å². The summed E-state index contributed by atoms with van der Waals surface area (Å²) in [4.78, 5) is 10.3. The minimum absolute atomic E-state index is 0.303. The molecule has 0 amide bonds. The van der Waals surface area contributed by atoms with Gasteiger partial charge in [0, 0.05) is 5.92 Å². The Labute approximate surface area is 84.6 Å². The van der Waals surface area contributed by atoms with E-state index in [9.17, 15) is 4.79 Å². The van der Waals surface area contributed by atoms with Crippen molar-refractivity contribution in [3.05, 3.63) is 23.5 Å². The van der Waals surface area contributed by atoms with E-state index in [1.807, 2.05) is 6.92 Å². The van der Waals surface area contributed by atoms with Crippen LogP contribution in [0.5, 0.6) is 0 Å². The van der Waals surface area contributed by atoms with Crippen molar-refractivity contribution in [1.82, 2.24) is 0 Å². The molecule has 2 bridgehead atoms. The molecule has 0 aliphatic heterocycles. The van der Waals surface area contributed by atoms with Crippen molar-refractivity contribution in [2.45, 2.75) is 33.1 Å². The Kier molecular flexibility index (Phi) is 2.22. The summed E-state index contributed by atoms with van der Waals surface area (Å²) in [7, 11) is 0. The third-order valence-corrected chi connectivity index (χ3v) is 3.48. The zero-order chi connectivity index (χ0) is 10.2. The highest BCUT2D eigenvalue weighted by Gasteiger charge is 2.36. The number of ether oxygens (including phenoxy) is 1. The smallest absolute Gasteiger partial charge is 0.298 e. The molecule has 3 rings (SSSR count). The van der Waals surface area contributed by atoms with Gasteiger partial charge in [-0.05, 0) is 37.2 Å². The molecule has 0 spiro atoms. The molecule has 2 heteroatoms. The van der Waals surface area contributed by atoms with E-state index in [2.05, 4.69) is 19.1 Å². The van der Waals surface area contributed by atoms with Gasteiger partial charge < -0.3 is 4.74 Å². The fourth-order valence-electron chi connectivity index (χ4n) is 2.55. The van der Waals surface area contributed by atoms with Crippen molar-refractivity contribution in [2.75, 3.05) is 0 Å². The third-order valence-electron chi connectivity index (χ3n) is 3.48. The van der Waals surface area contributed by atoms with E-state index in [0.717, 1.165) is 12.2 Å². The van der Waals surface area contributed by atoms with Crippen molar-refractivity contribution < 1.29 is 9.53 Å². The molecule has 76 valence electrons. The van der Waals surface area contributed by atoms with E-state index in [1.54, 1.807) is 0 Å². The maximum absolute atomic E-state index is 10.3. The maximum atomic E-state index is 10.3. The monoisotopic (exact) mass is 192 g/mol. The van der Waals surface area contributed by atoms with Gasteiger partial charge in [0.1, 0.15) is 5.76 Å². The Morgan fingerprint density at radius 1 is 1.71 bits per heavy atom. The quantitative estimate of drug-likeness (QED) is 0.382. The summed E-state index contributed by atoms with van der Waals surface area (Å²) in [6.45, 7) is 4.69. The third kappa shape index (κ3) is 1.49. The van der Waals surface area contributed by atoms with Gasteiger partial charge in [-0.15, -0.1) is 0 Å². The largest absolute Gasteiger partial charge is 0.434 e. The predicted octanol–water partition coefficient (Wildman–Crippen LogP) is 2.81. The van der Waals surface area contributed by atoms with E-state index in [1.165, 1.54) is 18.4 Å². The van der Waals surface area contributed by atoms with Crippen molar-refractivity contribution in [1.29, 1.82) is 0 Å². The van der Waals surface area contributed by atoms with Gasteiger partial charge in [0.2, 0.25) is 0 Å². The zero-order valence-electron chi connectivity index (χ0n) is 8.75. The normalized spacial score (nSPS) is 38.3. The molecule has 0 radical (unpaired) electrons.